The van der Waals surface area contributed by atoms with Gasteiger partial charge >= 0.3 is 0 Å². The molecule has 0 atom stereocenters. The van der Waals surface area contributed by atoms with Gasteiger partial charge in [-0.15, -0.1) is 0 Å². The molecule has 0 unspecified atom stereocenters. The summed E-state index contributed by atoms with van der Waals surface area (Å²) >= 11 is 3.25. The molecule has 0 spiro atoms. The summed E-state index contributed by atoms with van der Waals surface area (Å²) in [6.07, 6.45) is 2.72. The van der Waals surface area contributed by atoms with Crippen LogP contribution in [0.4, 0.5) is 4.39 Å². The van der Waals surface area contributed by atoms with E-state index in [1.165, 1.54) is 31.5 Å². The molecule has 2 fully saturated rings. The Hall–Kier alpha value is -0.450. The van der Waals surface area contributed by atoms with Crippen molar-refractivity contribution in [2.45, 2.75) is 31.8 Å². The third-order valence-electron chi connectivity index (χ3n) is 4.50. The van der Waals surface area contributed by atoms with Crippen molar-refractivity contribution in [2.24, 2.45) is 0 Å². The van der Waals surface area contributed by atoms with Gasteiger partial charge in [-0.05, 0) is 53.4 Å². The van der Waals surface area contributed by atoms with Gasteiger partial charge in [-0.2, -0.15) is 0 Å². The van der Waals surface area contributed by atoms with Crippen LogP contribution in [-0.2, 0) is 6.54 Å². The van der Waals surface area contributed by atoms with E-state index in [9.17, 15) is 4.39 Å². The zero-order chi connectivity index (χ0) is 13.5. The first-order valence-corrected chi connectivity index (χ1v) is 7.77. The largest absolute Gasteiger partial charge is 0.297 e. The van der Waals surface area contributed by atoms with Crippen LogP contribution in [0.15, 0.2) is 22.7 Å². The zero-order valence-electron chi connectivity index (χ0n) is 11.3. The quantitative estimate of drug-likeness (QED) is 0.841. The molecule has 1 saturated carbocycles. The van der Waals surface area contributed by atoms with E-state index < -0.39 is 0 Å². The SMILES string of the molecule is CC1(N2CCN(Cc3ccc(F)c(Br)c3)CC2)CC1. The molecule has 1 aromatic carbocycles. The summed E-state index contributed by atoms with van der Waals surface area (Å²) in [5.41, 5.74) is 1.68. The summed E-state index contributed by atoms with van der Waals surface area (Å²) in [6.45, 7) is 7.86. The number of piperazine rings is 1. The Balaban J connectivity index is 1.55. The van der Waals surface area contributed by atoms with Crippen LogP contribution < -0.4 is 0 Å². The predicted molar refractivity (Wildman–Crippen MR) is 78.6 cm³/mol. The summed E-state index contributed by atoms with van der Waals surface area (Å²) in [7, 11) is 0. The van der Waals surface area contributed by atoms with E-state index in [4.69, 9.17) is 0 Å². The van der Waals surface area contributed by atoms with Crippen LogP contribution in [0.2, 0.25) is 0 Å². The second-order valence-corrected chi connectivity index (χ2v) is 6.86. The minimum absolute atomic E-state index is 0.185. The lowest BCUT2D eigenvalue weighted by atomic mass is 10.1. The van der Waals surface area contributed by atoms with Gasteiger partial charge in [0.1, 0.15) is 5.82 Å². The minimum Gasteiger partial charge on any atom is -0.297 e. The highest BCUT2D eigenvalue weighted by Gasteiger charge is 2.43. The highest BCUT2D eigenvalue weighted by molar-refractivity contribution is 9.10. The molecule has 104 valence electrons. The maximum absolute atomic E-state index is 13.2. The number of nitrogens with zero attached hydrogens (tertiary/aromatic N) is 2. The standard InChI is InChI=1S/C15H20BrFN2/c1-15(4-5-15)19-8-6-18(7-9-19)11-12-2-3-14(17)13(16)10-12/h2-3,10H,4-9,11H2,1H3. The number of hydrogen-bond acceptors (Lipinski definition) is 2. The van der Waals surface area contributed by atoms with Gasteiger partial charge in [0.25, 0.3) is 0 Å². The van der Waals surface area contributed by atoms with E-state index in [-0.39, 0.29) is 5.82 Å². The molecule has 0 radical (unpaired) electrons. The van der Waals surface area contributed by atoms with Gasteiger partial charge in [0.2, 0.25) is 0 Å². The first kappa shape index (κ1) is 13.5. The molecule has 4 heteroatoms. The Kier molecular flexibility index (Phi) is 3.67. The molecular weight excluding hydrogens is 307 g/mol. The van der Waals surface area contributed by atoms with Crippen molar-refractivity contribution >= 4 is 15.9 Å². The fourth-order valence-corrected chi connectivity index (χ4v) is 3.27. The molecule has 2 aliphatic rings. The number of rotatable bonds is 3. The van der Waals surface area contributed by atoms with E-state index in [0.717, 1.165) is 19.6 Å². The van der Waals surface area contributed by atoms with Gasteiger partial charge in [-0.3, -0.25) is 9.80 Å². The predicted octanol–water partition coefficient (Wildman–Crippen LogP) is 3.26. The summed E-state index contributed by atoms with van der Waals surface area (Å²) in [5, 5.41) is 0. The average molecular weight is 327 g/mol. The highest BCUT2D eigenvalue weighted by atomic mass is 79.9. The molecular formula is C15H20BrFN2. The Labute approximate surface area is 122 Å². The second kappa shape index (κ2) is 5.15. The highest BCUT2D eigenvalue weighted by Crippen LogP contribution is 2.41. The van der Waals surface area contributed by atoms with Crippen molar-refractivity contribution in [2.75, 3.05) is 26.2 Å². The van der Waals surface area contributed by atoms with Crippen LogP contribution >= 0.6 is 15.9 Å². The Bertz CT molecular complexity index is 465. The van der Waals surface area contributed by atoms with Crippen molar-refractivity contribution in [3.05, 3.63) is 34.1 Å². The molecule has 0 N–H and O–H groups in total. The van der Waals surface area contributed by atoms with Crippen LogP contribution in [0.1, 0.15) is 25.3 Å². The summed E-state index contributed by atoms with van der Waals surface area (Å²) < 4.78 is 13.8. The lowest BCUT2D eigenvalue weighted by molar-refractivity contribution is 0.0881. The smallest absolute Gasteiger partial charge is 0.137 e. The van der Waals surface area contributed by atoms with Crippen molar-refractivity contribution in [3.63, 3.8) is 0 Å². The van der Waals surface area contributed by atoms with Crippen molar-refractivity contribution in [1.82, 2.24) is 9.80 Å². The maximum Gasteiger partial charge on any atom is 0.137 e. The Morgan fingerprint density at radius 3 is 2.47 bits per heavy atom. The summed E-state index contributed by atoms with van der Waals surface area (Å²) in [4.78, 5) is 5.09. The Morgan fingerprint density at radius 1 is 1.21 bits per heavy atom. The summed E-state index contributed by atoms with van der Waals surface area (Å²) in [6, 6.07) is 5.32. The number of hydrogen-bond donors (Lipinski definition) is 0. The van der Waals surface area contributed by atoms with Gasteiger partial charge in [-0.25, -0.2) is 4.39 Å². The third-order valence-corrected chi connectivity index (χ3v) is 5.11. The minimum atomic E-state index is -0.185. The summed E-state index contributed by atoms with van der Waals surface area (Å²) in [5.74, 6) is -0.185. The molecule has 1 aliphatic carbocycles. The molecule has 2 nitrogen and oxygen atoms in total. The van der Waals surface area contributed by atoms with Crippen molar-refractivity contribution in [1.29, 1.82) is 0 Å². The van der Waals surface area contributed by atoms with Crippen molar-refractivity contribution in [3.8, 4) is 0 Å². The van der Waals surface area contributed by atoms with Crippen molar-refractivity contribution < 1.29 is 4.39 Å². The van der Waals surface area contributed by atoms with Gasteiger partial charge in [0.05, 0.1) is 4.47 Å². The number of benzene rings is 1. The molecule has 1 aliphatic heterocycles. The Morgan fingerprint density at radius 2 is 1.89 bits per heavy atom. The molecule has 1 saturated heterocycles. The first-order valence-electron chi connectivity index (χ1n) is 6.98. The zero-order valence-corrected chi connectivity index (χ0v) is 12.9. The van der Waals surface area contributed by atoms with Crippen LogP contribution in [0.3, 0.4) is 0 Å². The molecule has 0 aromatic heterocycles. The molecule has 3 rings (SSSR count). The van der Waals surface area contributed by atoms with Gasteiger partial charge in [0, 0.05) is 38.3 Å². The van der Waals surface area contributed by atoms with Gasteiger partial charge < -0.3 is 0 Å². The van der Waals surface area contributed by atoms with Gasteiger partial charge in [-0.1, -0.05) is 6.07 Å². The fourth-order valence-electron chi connectivity index (χ4n) is 2.84. The lowest BCUT2D eigenvalue weighted by Crippen LogP contribution is -2.50. The van der Waals surface area contributed by atoms with Crippen LogP contribution in [-0.4, -0.2) is 41.5 Å². The molecule has 1 heterocycles. The third kappa shape index (κ3) is 3.01. The van der Waals surface area contributed by atoms with E-state index in [2.05, 4.69) is 32.7 Å². The fraction of sp³-hybridized carbons (Fsp3) is 0.600. The van der Waals surface area contributed by atoms with E-state index in [1.807, 2.05) is 12.1 Å². The van der Waals surface area contributed by atoms with Crippen LogP contribution in [0, 0.1) is 5.82 Å². The van der Waals surface area contributed by atoms with E-state index in [1.54, 1.807) is 6.07 Å². The monoisotopic (exact) mass is 326 g/mol. The van der Waals surface area contributed by atoms with E-state index >= 15 is 0 Å². The normalized spacial score (nSPS) is 23.5. The lowest BCUT2D eigenvalue weighted by Gasteiger charge is -2.38. The maximum atomic E-state index is 13.2. The molecule has 0 bridgehead atoms. The molecule has 1 aromatic rings. The van der Waals surface area contributed by atoms with E-state index in [0.29, 0.717) is 10.0 Å². The van der Waals surface area contributed by atoms with Crippen LogP contribution in [0.25, 0.3) is 0 Å². The van der Waals surface area contributed by atoms with Crippen LogP contribution in [0.5, 0.6) is 0 Å². The van der Waals surface area contributed by atoms with Gasteiger partial charge in [0.15, 0.2) is 0 Å². The number of halogens is 2. The second-order valence-electron chi connectivity index (χ2n) is 6.01. The topological polar surface area (TPSA) is 6.48 Å². The first-order chi connectivity index (χ1) is 9.07. The average Bonchev–Trinajstić information content (AvgIpc) is 3.14. The molecule has 0 amide bonds. The molecule has 19 heavy (non-hydrogen) atoms.